The van der Waals surface area contributed by atoms with E-state index in [0.29, 0.717) is 11.8 Å². The number of rotatable bonds is 5. The standard InChI is InChI=1S/C21H24F3N3O4/c1-12-10-15(13-6-8-26(9-7-13)19(28)14-2-3-14)4-5-17(12)31-18-16(20(29)30)11-27(25-18)21(22,23)24/h4-5,10-11,13-14,18,25H,2-3,6-9H2,1H3,(H,29,30)/p-1. The van der Waals surface area contributed by atoms with Gasteiger partial charge in [-0.25, -0.2) is 5.01 Å². The minimum Gasteiger partial charge on any atom is -0.545 e. The highest BCUT2D eigenvalue weighted by Crippen LogP contribution is 2.36. The fourth-order valence-electron chi connectivity index (χ4n) is 4.04. The first-order valence-electron chi connectivity index (χ1n) is 10.2. The molecule has 1 unspecified atom stereocenters. The van der Waals surface area contributed by atoms with Crippen molar-refractivity contribution in [2.24, 2.45) is 5.92 Å². The van der Waals surface area contributed by atoms with Crippen molar-refractivity contribution in [2.75, 3.05) is 13.1 Å². The maximum Gasteiger partial charge on any atom is 0.498 e. The molecule has 1 saturated heterocycles. The normalized spacial score (nSPS) is 22.5. The molecule has 1 amide bonds. The molecule has 4 rings (SSSR count). The molecule has 2 fully saturated rings. The van der Waals surface area contributed by atoms with Crippen LogP contribution in [-0.4, -0.2) is 47.4 Å². The van der Waals surface area contributed by atoms with E-state index < -0.39 is 24.1 Å². The summed E-state index contributed by atoms with van der Waals surface area (Å²) in [6.45, 7) is 3.19. The molecule has 1 saturated carbocycles. The van der Waals surface area contributed by atoms with Gasteiger partial charge in [0.25, 0.3) is 0 Å². The monoisotopic (exact) mass is 438 g/mol. The summed E-state index contributed by atoms with van der Waals surface area (Å²) in [4.78, 5) is 25.4. The number of carboxylic acids is 1. The molecule has 0 bridgehead atoms. The number of carbonyl (C=O) groups is 2. The molecule has 1 aromatic carbocycles. The van der Waals surface area contributed by atoms with Crippen molar-refractivity contribution in [1.82, 2.24) is 15.3 Å². The van der Waals surface area contributed by atoms with Crippen molar-refractivity contribution < 1.29 is 32.6 Å². The van der Waals surface area contributed by atoms with Gasteiger partial charge < -0.3 is 19.5 Å². The molecule has 1 aromatic rings. The number of piperidine rings is 1. The number of alkyl halides is 3. The number of hydrazine groups is 1. The van der Waals surface area contributed by atoms with Crippen molar-refractivity contribution in [3.63, 3.8) is 0 Å². The van der Waals surface area contributed by atoms with Crippen molar-refractivity contribution in [3.05, 3.63) is 41.1 Å². The van der Waals surface area contributed by atoms with Gasteiger partial charge in [0, 0.05) is 30.8 Å². The lowest BCUT2D eigenvalue weighted by Crippen LogP contribution is -2.47. The van der Waals surface area contributed by atoms with Crippen molar-refractivity contribution in [2.45, 2.75) is 51.1 Å². The van der Waals surface area contributed by atoms with E-state index in [1.165, 1.54) is 0 Å². The second-order valence-corrected chi connectivity index (χ2v) is 8.24. The lowest BCUT2D eigenvalue weighted by molar-refractivity contribution is -0.300. The third-order valence-corrected chi connectivity index (χ3v) is 5.96. The molecule has 3 aliphatic rings. The number of carboxylic acid groups (broad SMARTS) is 1. The number of carbonyl (C=O) groups excluding carboxylic acids is 2. The third-order valence-electron chi connectivity index (χ3n) is 5.96. The number of ether oxygens (including phenoxy) is 1. The van der Waals surface area contributed by atoms with Crippen LogP contribution in [0.25, 0.3) is 0 Å². The van der Waals surface area contributed by atoms with Gasteiger partial charge in [-0.15, -0.1) is 13.2 Å². The van der Waals surface area contributed by atoms with E-state index in [2.05, 4.69) is 0 Å². The molecule has 10 heteroatoms. The zero-order chi connectivity index (χ0) is 22.3. The first-order valence-corrected chi connectivity index (χ1v) is 10.2. The van der Waals surface area contributed by atoms with Crippen molar-refractivity contribution >= 4 is 11.9 Å². The van der Waals surface area contributed by atoms with Crippen LogP contribution in [0.15, 0.2) is 30.0 Å². The summed E-state index contributed by atoms with van der Waals surface area (Å²) < 4.78 is 44.2. The Bertz CT molecular complexity index is 906. The average molecular weight is 438 g/mol. The number of aryl methyl sites for hydroxylation is 1. The van der Waals surface area contributed by atoms with E-state index in [4.69, 9.17) is 4.74 Å². The number of amides is 1. The Labute approximate surface area is 177 Å². The number of aliphatic carboxylic acids is 1. The molecular weight excluding hydrogens is 415 g/mol. The molecule has 0 spiro atoms. The van der Waals surface area contributed by atoms with Gasteiger partial charge in [0.15, 0.2) is 6.23 Å². The number of nitrogens with zero attached hydrogens (tertiary/aromatic N) is 2. The summed E-state index contributed by atoms with van der Waals surface area (Å²) in [5.74, 6) is -0.718. The van der Waals surface area contributed by atoms with E-state index in [1.807, 2.05) is 22.5 Å². The van der Waals surface area contributed by atoms with Gasteiger partial charge in [-0.3, -0.25) is 4.79 Å². The number of likely N-dealkylation sites (tertiary alicyclic amines) is 1. The third kappa shape index (κ3) is 4.63. The van der Waals surface area contributed by atoms with E-state index in [9.17, 15) is 27.9 Å². The average Bonchev–Trinajstić information content (AvgIpc) is 3.47. The Hall–Kier alpha value is -2.75. The minimum absolute atomic E-state index is 0.215. The zero-order valence-corrected chi connectivity index (χ0v) is 16.9. The SMILES string of the molecule is Cc1cc(C2CCN(C(=O)C3CC3)CC2)ccc1OC1NN(C(F)(F)F)C=C1C(=O)[O-]. The number of hydrogen-bond acceptors (Lipinski definition) is 6. The molecule has 0 radical (unpaired) electrons. The van der Waals surface area contributed by atoms with Crippen LogP contribution in [0.2, 0.25) is 0 Å². The van der Waals surface area contributed by atoms with E-state index in [1.54, 1.807) is 13.0 Å². The van der Waals surface area contributed by atoms with Gasteiger partial charge in [0.1, 0.15) is 5.75 Å². The largest absolute Gasteiger partial charge is 0.545 e. The van der Waals surface area contributed by atoms with Crippen molar-refractivity contribution in [3.8, 4) is 5.75 Å². The molecule has 1 N–H and O–H groups in total. The molecule has 31 heavy (non-hydrogen) atoms. The second-order valence-electron chi connectivity index (χ2n) is 8.24. The van der Waals surface area contributed by atoms with Crippen LogP contribution < -0.4 is 15.3 Å². The first-order chi connectivity index (χ1) is 14.6. The van der Waals surface area contributed by atoms with Crippen LogP contribution in [0.3, 0.4) is 0 Å². The highest BCUT2D eigenvalue weighted by Gasteiger charge is 2.42. The molecule has 2 aliphatic heterocycles. The van der Waals surface area contributed by atoms with Crippen LogP contribution in [0, 0.1) is 12.8 Å². The van der Waals surface area contributed by atoms with Gasteiger partial charge in [0.05, 0.1) is 5.97 Å². The molecule has 0 aromatic heterocycles. The van der Waals surface area contributed by atoms with Crippen LogP contribution in [-0.2, 0) is 9.59 Å². The van der Waals surface area contributed by atoms with E-state index in [0.717, 1.165) is 44.3 Å². The lowest BCUT2D eigenvalue weighted by Gasteiger charge is -2.32. The van der Waals surface area contributed by atoms with Gasteiger partial charge in [-0.1, -0.05) is 12.1 Å². The Kier molecular flexibility index (Phi) is 5.59. The predicted octanol–water partition coefficient (Wildman–Crippen LogP) is 1.79. The Balaban J connectivity index is 1.40. The zero-order valence-electron chi connectivity index (χ0n) is 16.9. The van der Waals surface area contributed by atoms with Crippen LogP contribution in [0.5, 0.6) is 5.75 Å². The van der Waals surface area contributed by atoms with Gasteiger partial charge >= 0.3 is 6.30 Å². The molecule has 1 atom stereocenters. The summed E-state index contributed by atoms with van der Waals surface area (Å²) >= 11 is 0. The number of benzene rings is 1. The fraction of sp³-hybridized carbons (Fsp3) is 0.524. The van der Waals surface area contributed by atoms with Gasteiger partial charge in [0.2, 0.25) is 5.91 Å². The predicted molar refractivity (Wildman–Crippen MR) is 101 cm³/mol. The highest BCUT2D eigenvalue weighted by molar-refractivity contribution is 5.86. The van der Waals surface area contributed by atoms with Gasteiger partial charge in [-0.2, -0.15) is 5.43 Å². The van der Waals surface area contributed by atoms with Crippen LogP contribution >= 0.6 is 0 Å². The lowest BCUT2D eigenvalue weighted by atomic mass is 9.88. The number of halogens is 3. The summed E-state index contributed by atoms with van der Waals surface area (Å²) in [6, 6.07) is 5.37. The molecule has 2 heterocycles. The maximum atomic E-state index is 12.9. The Morgan fingerprint density at radius 2 is 1.84 bits per heavy atom. The molecular formula is C21H23F3N3O4-. The van der Waals surface area contributed by atoms with E-state index in [-0.39, 0.29) is 28.5 Å². The first kappa shape index (κ1) is 21.5. The number of hydrogen-bond donors (Lipinski definition) is 1. The van der Waals surface area contributed by atoms with Crippen molar-refractivity contribution in [1.29, 1.82) is 0 Å². The summed E-state index contributed by atoms with van der Waals surface area (Å²) in [6.07, 6.45) is -2.22. The second kappa shape index (κ2) is 8.07. The summed E-state index contributed by atoms with van der Waals surface area (Å²) in [7, 11) is 0. The fourth-order valence-corrected chi connectivity index (χ4v) is 4.04. The van der Waals surface area contributed by atoms with Crippen LogP contribution in [0.1, 0.15) is 42.7 Å². The topological polar surface area (TPSA) is 84.9 Å². The van der Waals surface area contributed by atoms with E-state index >= 15 is 0 Å². The van der Waals surface area contributed by atoms with Gasteiger partial charge in [-0.05, 0) is 55.7 Å². The smallest absolute Gasteiger partial charge is 0.498 e. The molecule has 168 valence electrons. The summed E-state index contributed by atoms with van der Waals surface area (Å²) in [5, 5.41) is 11.0. The number of nitrogens with one attached hydrogen (secondary N) is 1. The maximum absolute atomic E-state index is 12.9. The highest BCUT2D eigenvalue weighted by atomic mass is 19.4. The Morgan fingerprint density at radius 1 is 1.16 bits per heavy atom. The molecule has 7 nitrogen and oxygen atoms in total. The summed E-state index contributed by atoms with van der Waals surface area (Å²) in [5.41, 5.74) is 3.08. The van der Waals surface area contributed by atoms with Crippen LogP contribution in [0.4, 0.5) is 13.2 Å². The quantitative estimate of drug-likeness (QED) is 0.706. The minimum atomic E-state index is -4.80. The Morgan fingerprint density at radius 3 is 2.39 bits per heavy atom. The molecule has 1 aliphatic carbocycles.